The predicted molar refractivity (Wildman–Crippen MR) is 129 cm³/mol. The molecule has 1 aliphatic heterocycles. The third kappa shape index (κ3) is 3.98. The van der Waals surface area contributed by atoms with Gasteiger partial charge in [0.1, 0.15) is 12.4 Å². The van der Waals surface area contributed by atoms with Crippen molar-refractivity contribution in [1.82, 2.24) is 10.3 Å². The summed E-state index contributed by atoms with van der Waals surface area (Å²) in [4.78, 5) is 3.64. The summed E-state index contributed by atoms with van der Waals surface area (Å²) in [5, 5.41) is 4.84. The zero-order valence-electron chi connectivity index (χ0n) is 19.1. The number of aromatic amines is 1. The Morgan fingerprint density at radius 2 is 1.64 bits per heavy atom. The minimum Gasteiger partial charge on any atom is -0.493 e. The highest BCUT2D eigenvalue weighted by molar-refractivity contribution is 5.86. The average molecular weight is 445 g/mol. The molecule has 0 radical (unpaired) electrons. The van der Waals surface area contributed by atoms with E-state index in [0.29, 0.717) is 23.9 Å². The van der Waals surface area contributed by atoms with Gasteiger partial charge in [-0.3, -0.25) is 0 Å². The van der Waals surface area contributed by atoms with Crippen molar-refractivity contribution >= 4 is 10.9 Å². The first-order valence-electron chi connectivity index (χ1n) is 11.1. The number of ether oxygens (including phenoxy) is 4. The van der Waals surface area contributed by atoms with Crippen molar-refractivity contribution in [3.8, 4) is 23.0 Å². The fraction of sp³-hybridized carbons (Fsp3) is 0.259. The van der Waals surface area contributed by atoms with E-state index in [-0.39, 0.29) is 6.04 Å². The largest absolute Gasteiger partial charge is 0.493 e. The molecule has 0 saturated carbocycles. The Kier molecular flexibility index (Phi) is 5.84. The minimum atomic E-state index is -0.0106. The number of aromatic nitrogens is 1. The van der Waals surface area contributed by atoms with Crippen molar-refractivity contribution in [2.24, 2.45) is 0 Å². The summed E-state index contributed by atoms with van der Waals surface area (Å²) in [5.74, 6) is 2.76. The van der Waals surface area contributed by atoms with Gasteiger partial charge in [-0.2, -0.15) is 0 Å². The summed E-state index contributed by atoms with van der Waals surface area (Å²) in [6.07, 6.45) is 0.943. The molecule has 0 amide bonds. The molecule has 4 aromatic rings. The van der Waals surface area contributed by atoms with E-state index in [0.717, 1.165) is 41.1 Å². The minimum absolute atomic E-state index is 0.0106. The van der Waals surface area contributed by atoms with Crippen LogP contribution in [0.3, 0.4) is 0 Å². The molecule has 0 bridgehead atoms. The lowest BCUT2D eigenvalue weighted by molar-refractivity contribution is 0.306. The number of hydrogen-bond donors (Lipinski definition) is 2. The van der Waals surface area contributed by atoms with Gasteiger partial charge in [-0.1, -0.05) is 30.3 Å². The van der Waals surface area contributed by atoms with Crippen LogP contribution in [0, 0.1) is 0 Å². The molecule has 0 fully saturated rings. The topological polar surface area (TPSA) is 64.7 Å². The lowest BCUT2D eigenvalue weighted by Gasteiger charge is -2.26. The van der Waals surface area contributed by atoms with Crippen molar-refractivity contribution in [2.45, 2.75) is 19.1 Å². The smallest absolute Gasteiger partial charge is 0.203 e. The van der Waals surface area contributed by atoms with Gasteiger partial charge < -0.3 is 29.2 Å². The van der Waals surface area contributed by atoms with E-state index < -0.39 is 0 Å². The third-order valence-corrected chi connectivity index (χ3v) is 6.19. The summed E-state index contributed by atoms with van der Waals surface area (Å²) in [7, 11) is 4.90. The molecule has 2 N–H and O–H groups in total. The van der Waals surface area contributed by atoms with Crippen molar-refractivity contribution in [1.29, 1.82) is 0 Å². The number of methoxy groups -OCH3 is 3. The molecule has 0 aliphatic carbocycles. The highest BCUT2D eigenvalue weighted by Crippen LogP contribution is 2.42. The molecule has 0 saturated heterocycles. The van der Waals surface area contributed by atoms with Crippen molar-refractivity contribution in [2.75, 3.05) is 27.9 Å². The monoisotopic (exact) mass is 444 g/mol. The van der Waals surface area contributed by atoms with Crippen LogP contribution >= 0.6 is 0 Å². The van der Waals surface area contributed by atoms with Crippen LogP contribution in [0.4, 0.5) is 0 Å². The summed E-state index contributed by atoms with van der Waals surface area (Å²) < 4.78 is 22.7. The molecule has 1 atom stereocenters. The molecule has 1 aliphatic rings. The van der Waals surface area contributed by atoms with Crippen LogP contribution in [0.2, 0.25) is 0 Å². The van der Waals surface area contributed by atoms with Gasteiger partial charge in [0, 0.05) is 23.1 Å². The molecular weight excluding hydrogens is 416 g/mol. The Bertz CT molecular complexity index is 1240. The van der Waals surface area contributed by atoms with Gasteiger partial charge in [0.25, 0.3) is 0 Å². The van der Waals surface area contributed by atoms with Gasteiger partial charge in [-0.25, -0.2) is 0 Å². The number of hydrogen-bond acceptors (Lipinski definition) is 5. The third-order valence-electron chi connectivity index (χ3n) is 6.19. The summed E-state index contributed by atoms with van der Waals surface area (Å²) in [6, 6.07) is 20.5. The maximum absolute atomic E-state index is 6.08. The molecule has 0 unspecified atom stereocenters. The molecule has 6 heteroatoms. The Balaban J connectivity index is 1.50. The summed E-state index contributed by atoms with van der Waals surface area (Å²) in [6.45, 7) is 1.42. The zero-order valence-corrected chi connectivity index (χ0v) is 19.1. The van der Waals surface area contributed by atoms with Gasteiger partial charge >= 0.3 is 0 Å². The number of H-pyrrole nitrogens is 1. The second-order valence-electron chi connectivity index (χ2n) is 8.09. The fourth-order valence-corrected chi connectivity index (χ4v) is 4.59. The Morgan fingerprint density at radius 3 is 2.33 bits per heavy atom. The molecule has 0 spiro atoms. The number of nitrogens with one attached hydrogen (secondary N) is 2. The first-order chi connectivity index (χ1) is 16.2. The predicted octanol–water partition coefficient (Wildman–Crippen LogP) is 5.01. The van der Waals surface area contributed by atoms with Crippen molar-refractivity contribution < 1.29 is 18.9 Å². The molecule has 1 aromatic heterocycles. The van der Waals surface area contributed by atoms with E-state index in [4.69, 9.17) is 18.9 Å². The fourth-order valence-electron chi connectivity index (χ4n) is 4.59. The Morgan fingerprint density at radius 1 is 0.879 bits per heavy atom. The van der Waals surface area contributed by atoms with Gasteiger partial charge in [-0.15, -0.1) is 0 Å². The second kappa shape index (κ2) is 9.08. The van der Waals surface area contributed by atoms with E-state index >= 15 is 0 Å². The molecule has 5 rings (SSSR count). The zero-order chi connectivity index (χ0) is 22.8. The van der Waals surface area contributed by atoms with E-state index in [2.05, 4.69) is 34.6 Å². The summed E-state index contributed by atoms with van der Waals surface area (Å²) in [5.41, 5.74) is 5.78. The molecule has 6 nitrogen and oxygen atoms in total. The first-order valence-corrected chi connectivity index (χ1v) is 11.1. The maximum Gasteiger partial charge on any atom is 0.203 e. The van der Waals surface area contributed by atoms with Crippen LogP contribution in [0.5, 0.6) is 23.0 Å². The SMILES string of the molecule is COc1cc([C@@H]2NCCc3c2[nH]c2ccc(OCc4ccccc4)cc32)cc(OC)c1OC. The first kappa shape index (κ1) is 21.2. The molecule has 170 valence electrons. The van der Waals surface area contributed by atoms with Crippen LogP contribution < -0.4 is 24.3 Å². The van der Waals surface area contributed by atoms with Gasteiger partial charge in [0.15, 0.2) is 11.5 Å². The molecule has 33 heavy (non-hydrogen) atoms. The van der Waals surface area contributed by atoms with Crippen LogP contribution in [0.1, 0.15) is 28.4 Å². The number of rotatable bonds is 7. The van der Waals surface area contributed by atoms with E-state index in [1.54, 1.807) is 21.3 Å². The average Bonchev–Trinajstić information content (AvgIpc) is 3.25. The quantitative estimate of drug-likeness (QED) is 0.420. The normalized spacial score (nSPS) is 15.2. The summed E-state index contributed by atoms with van der Waals surface area (Å²) >= 11 is 0. The van der Waals surface area contributed by atoms with Crippen molar-refractivity contribution in [3.05, 3.63) is 83.0 Å². The Hall–Kier alpha value is -3.64. The Labute approximate surface area is 193 Å². The van der Waals surface area contributed by atoms with Crippen LogP contribution in [0.15, 0.2) is 60.7 Å². The van der Waals surface area contributed by atoms with Crippen LogP contribution in [0.25, 0.3) is 10.9 Å². The highest BCUT2D eigenvalue weighted by atomic mass is 16.5. The lowest BCUT2D eigenvalue weighted by Crippen LogP contribution is -2.30. The van der Waals surface area contributed by atoms with E-state index in [9.17, 15) is 0 Å². The van der Waals surface area contributed by atoms with Crippen molar-refractivity contribution in [3.63, 3.8) is 0 Å². The van der Waals surface area contributed by atoms with E-state index in [1.165, 1.54) is 10.9 Å². The second-order valence-corrected chi connectivity index (χ2v) is 8.09. The maximum atomic E-state index is 6.08. The lowest BCUT2D eigenvalue weighted by atomic mass is 9.94. The highest BCUT2D eigenvalue weighted by Gasteiger charge is 2.27. The molecular formula is C27H28N2O4. The molecule has 2 heterocycles. The standard InChI is InChI=1S/C27H28N2O4/c1-30-23-13-18(14-24(31-2)27(23)32-3)25-26-20(11-12-28-25)21-15-19(9-10-22(21)29-26)33-16-17-7-5-4-6-8-17/h4-10,13-15,25,28-29H,11-12,16H2,1-3H3/t25-/m0/s1. The number of benzene rings is 3. The van der Waals surface area contributed by atoms with Crippen LogP contribution in [-0.4, -0.2) is 32.9 Å². The van der Waals surface area contributed by atoms with Gasteiger partial charge in [0.2, 0.25) is 5.75 Å². The van der Waals surface area contributed by atoms with E-state index in [1.807, 2.05) is 36.4 Å². The molecule has 3 aromatic carbocycles. The van der Waals surface area contributed by atoms with Gasteiger partial charge in [-0.05, 0) is 53.4 Å². The number of fused-ring (bicyclic) bond motifs is 3. The van der Waals surface area contributed by atoms with Crippen LogP contribution in [-0.2, 0) is 13.0 Å². The van der Waals surface area contributed by atoms with Gasteiger partial charge in [0.05, 0.1) is 27.4 Å².